The third kappa shape index (κ3) is 4.31. The Labute approximate surface area is 187 Å². The number of fused-ring (bicyclic) bond motifs is 2. The lowest BCUT2D eigenvalue weighted by molar-refractivity contribution is -0.145. The number of hydrogen-bond donors (Lipinski definition) is 0. The van der Waals surface area contributed by atoms with Crippen LogP contribution in [0.25, 0.3) is 10.9 Å². The molecular weight excluding hydrogens is 406 g/mol. The van der Waals surface area contributed by atoms with Gasteiger partial charge in [0.1, 0.15) is 6.54 Å². The van der Waals surface area contributed by atoms with Gasteiger partial charge in [0, 0.05) is 38.3 Å². The van der Waals surface area contributed by atoms with Gasteiger partial charge in [0.2, 0.25) is 0 Å². The van der Waals surface area contributed by atoms with E-state index in [4.69, 9.17) is 4.74 Å². The molecule has 3 aromatic rings. The van der Waals surface area contributed by atoms with E-state index < -0.39 is 0 Å². The smallest absolute Gasteiger partial charge is 0.325 e. The third-order valence-corrected chi connectivity index (χ3v) is 5.97. The first kappa shape index (κ1) is 21.8. The van der Waals surface area contributed by atoms with Crippen LogP contribution in [-0.2, 0) is 34.5 Å². The molecule has 2 aromatic carbocycles. The van der Waals surface area contributed by atoms with Crippen LogP contribution in [0, 0.1) is 6.92 Å². The molecule has 0 atom stereocenters. The molecule has 0 unspecified atom stereocenters. The van der Waals surface area contributed by atoms with Crippen molar-refractivity contribution < 1.29 is 14.3 Å². The topological polar surface area (TPSA) is 70.9 Å². The summed E-state index contributed by atoms with van der Waals surface area (Å²) in [5.74, 6) is -0.449. The highest BCUT2D eigenvalue weighted by atomic mass is 16.5. The number of aromatic nitrogens is 2. The first-order valence-electron chi connectivity index (χ1n) is 10.8. The lowest BCUT2D eigenvalue weighted by atomic mass is 10.1. The lowest BCUT2D eigenvalue weighted by Crippen LogP contribution is -2.47. The van der Waals surface area contributed by atoms with Gasteiger partial charge in [-0.25, -0.2) is 5.01 Å². The molecule has 2 heterocycles. The van der Waals surface area contributed by atoms with Gasteiger partial charge >= 0.3 is 5.97 Å². The van der Waals surface area contributed by atoms with Crippen LogP contribution in [-0.4, -0.2) is 58.4 Å². The Kier molecular flexibility index (Phi) is 6.14. The molecule has 1 aliphatic rings. The van der Waals surface area contributed by atoms with Crippen molar-refractivity contribution >= 4 is 28.5 Å². The van der Waals surface area contributed by atoms with Crippen LogP contribution in [0.5, 0.6) is 0 Å². The summed E-state index contributed by atoms with van der Waals surface area (Å²) in [6.45, 7) is 5.50. The molecule has 0 fully saturated rings. The second-order valence-electron chi connectivity index (χ2n) is 8.14. The number of nitrogens with zero attached hydrogens (tertiary/aromatic N) is 5. The quantitative estimate of drug-likeness (QED) is 0.532. The molecule has 0 spiro atoms. The van der Waals surface area contributed by atoms with Crippen LogP contribution < -0.4 is 4.90 Å². The van der Waals surface area contributed by atoms with Gasteiger partial charge in [-0.2, -0.15) is 5.10 Å². The second kappa shape index (κ2) is 9.00. The standard InChI is InChI=1S/C24H29N5O3/c1-5-32-24(31)16-28(21-11-20-12-25-26(3)22(20)10-17(21)2)15-23(30)27(4)29-13-18-8-6-7-9-19(18)14-29/h6-12H,5,13-16H2,1-4H3. The predicted molar refractivity (Wildman–Crippen MR) is 123 cm³/mol. The van der Waals surface area contributed by atoms with Gasteiger partial charge in [0.15, 0.2) is 0 Å². The third-order valence-electron chi connectivity index (χ3n) is 5.97. The Morgan fingerprint density at radius 2 is 1.81 bits per heavy atom. The minimum absolute atomic E-state index is 0.000252. The van der Waals surface area contributed by atoms with Crippen molar-refractivity contribution in [3.8, 4) is 0 Å². The van der Waals surface area contributed by atoms with Crippen LogP contribution in [0.3, 0.4) is 0 Å². The number of amides is 1. The van der Waals surface area contributed by atoms with Crippen LogP contribution in [0.1, 0.15) is 23.6 Å². The molecular formula is C24H29N5O3. The molecule has 0 bridgehead atoms. The van der Waals surface area contributed by atoms with Gasteiger partial charge in [0.05, 0.1) is 24.9 Å². The number of hydrazine groups is 1. The minimum Gasteiger partial charge on any atom is -0.465 e. The monoisotopic (exact) mass is 435 g/mol. The highest BCUT2D eigenvalue weighted by molar-refractivity contribution is 5.89. The first-order valence-corrected chi connectivity index (χ1v) is 10.8. The Balaban J connectivity index is 1.56. The summed E-state index contributed by atoms with van der Waals surface area (Å²) in [6, 6.07) is 12.2. The van der Waals surface area contributed by atoms with E-state index in [1.54, 1.807) is 30.1 Å². The number of benzene rings is 2. The van der Waals surface area contributed by atoms with Crippen molar-refractivity contribution in [2.45, 2.75) is 26.9 Å². The maximum absolute atomic E-state index is 13.3. The number of hydrogen-bond acceptors (Lipinski definition) is 6. The fourth-order valence-corrected chi connectivity index (χ4v) is 4.17. The molecule has 32 heavy (non-hydrogen) atoms. The number of likely N-dealkylation sites (N-methyl/N-ethyl adjacent to an activating group) is 1. The number of anilines is 1. The van der Waals surface area contributed by atoms with Crippen molar-refractivity contribution in [3.63, 3.8) is 0 Å². The normalized spacial score (nSPS) is 13.2. The molecule has 1 aliphatic heterocycles. The molecule has 168 valence electrons. The van der Waals surface area contributed by atoms with Crippen LogP contribution in [0.15, 0.2) is 42.6 Å². The predicted octanol–water partition coefficient (Wildman–Crippen LogP) is 2.64. The fraction of sp³-hybridized carbons (Fsp3) is 0.375. The van der Waals surface area contributed by atoms with E-state index >= 15 is 0 Å². The molecule has 8 heteroatoms. The van der Waals surface area contributed by atoms with Crippen LogP contribution in [0.2, 0.25) is 0 Å². The minimum atomic E-state index is -0.359. The second-order valence-corrected chi connectivity index (χ2v) is 8.14. The average molecular weight is 436 g/mol. The number of esters is 1. The largest absolute Gasteiger partial charge is 0.465 e. The van der Waals surface area contributed by atoms with Crippen LogP contribution in [0.4, 0.5) is 5.69 Å². The van der Waals surface area contributed by atoms with E-state index in [9.17, 15) is 9.59 Å². The Bertz CT molecular complexity index is 1130. The zero-order chi connectivity index (χ0) is 22.8. The summed E-state index contributed by atoms with van der Waals surface area (Å²) in [4.78, 5) is 27.4. The molecule has 0 N–H and O–H groups in total. The van der Waals surface area contributed by atoms with Gasteiger partial charge in [-0.15, -0.1) is 0 Å². The van der Waals surface area contributed by atoms with Gasteiger partial charge < -0.3 is 9.64 Å². The zero-order valence-corrected chi connectivity index (χ0v) is 19.0. The Hall–Kier alpha value is -3.39. The van der Waals surface area contributed by atoms with E-state index in [1.807, 2.05) is 47.9 Å². The SMILES string of the molecule is CCOC(=O)CN(CC(=O)N(C)N1Cc2ccccc2C1)c1cc2cnn(C)c2cc1C. The fourth-order valence-electron chi connectivity index (χ4n) is 4.17. The summed E-state index contributed by atoms with van der Waals surface area (Å²) in [5, 5.41) is 8.95. The summed E-state index contributed by atoms with van der Waals surface area (Å²) in [6.07, 6.45) is 1.79. The number of carbonyl (C=O) groups excluding carboxylic acids is 2. The van der Waals surface area contributed by atoms with E-state index in [-0.39, 0.29) is 25.0 Å². The van der Waals surface area contributed by atoms with E-state index in [0.717, 1.165) is 22.2 Å². The van der Waals surface area contributed by atoms with Crippen molar-refractivity contribution in [2.75, 3.05) is 31.6 Å². The van der Waals surface area contributed by atoms with Crippen molar-refractivity contribution in [1.82, 2.24) is 19.8 Å². The Morgan fingerprint density at radius 1 is 1.12 bits per heavy atom. The molecule has 0 radical (unpaired) electrons. The number of ether oxygens (including phenoxy) is 1. The summed E-state index contributed by atoms with van der Waals surface area (Å²) in [5.41, 5.74) is 5.25. The van der Waals surface area contributed by atoms with Crippen molar-refractivity contribution in [3.05, 3.63) is 59.3 Å². The summed E-state index contributed by atoms with van der Waals surface area (Å²) in [7, 11) is 3.68. The van der Waals surface area contributed by atoms with E-state index in [1.165, 1.54) is 11.1 Å². The first-order chi connectivity index (χ1) is 15.4. The molecule has 1 aromatic heterocycles. The number of carbonyl (C=O) groups is 2. The summed E-state index contributed by atoms with van der Waals surface area (Å²) < 4.78 is 6.99. The molecule has 0 saturated carbocycles. The van der Waals surface area contributed by atoms with Gasteiger partial charge in [0.25, 0.3) is 5.91 Å². The van der Waals surface area contributed by atoms with E-state index in [2.05, 4.69) is 17.2 Å². The van der Waals surface area contributed by atoms with E-state index in [0.29, 0.717) is 19.7 Å². The zero-order valence-electron chi connectivity index (χ0n) is 19.0. The van der Waals surface area contributed by atoms with Gasteiger partial charge in [-0.1, -0.05) is 24.3 Å². The van der Waals surface area contributed by atoms with Crippen molar-refractivity contribution in [1.29, 1.82) is 0 Å². The van der Waals surface area contributed by atoms with Crippen LogP contribution >= 0.6 is 0 Å². The van der Waals surface area contributed by atoms with Crippen molar-refractivity contribution in [2.24, 2.45) is 7.05 Å². The average Bonchev–Trinajstić information content (AvgIpc) is 3.36. The lowest BCUT2D eigenvalue weighted by Gasteiger charge is -2.31. The molecule has 8 nitrogen and oxygen atoms in total. The molecule has 1 amide bonds. The van der Waals surface area contributed by atoms with Gasteiger partial charge in [-0.05, 0) is 42.7 Å². The molecule has 0 saturated heterocycles. The highest BCUT2D eigenvalue weighted by Crippen LogP contribution is 2.27. The maximum Gasteiger partial charge on any atom is 0.325 e. The number of rotatable bonds is 7. The molecule has 4 rings (SSSR count). The van der Waals surface area contributed by atoms with Gasteiger partial charge in [-0.3, -0.25) is 19.3 Å². The highest BCUT2D eigenvalue weighted by Gasteiger charge is 2.27. The molecule has 0 aliphatic carbocycles. The number of aryl methyl sites for hydroxylation is 2. The maximum atomic E-state index is 13.3. The Morgan fingerprint density at radius 3 is 2.47 bits per heavy atom. The summed E-state index contributed by atoms with van der Waals surface area (Å²) >= 11 is 0.